The number of aromatic nitrogens is 1. The molecular weight excluding hydrogens is 118 g/mol. The second-order valence-electron chi connectivity index (χ2n) is 1.37. The summed E-state index contributed by atoms with van der Waals surface area (Å²) in [7, 11) is 0. The molecule has 9 heavy (non-hydrogen) atoms. The summed E-state index contributed by atoms with van der Waals surface area (Å²) >= 11 is 0. The van der Waals surface area contributed by atoms with Crippen molar-refractivity contribution >= 4 is 5.82 Å². The number of nitrogens with zero attached hydrogens (tertiary/aromatic N) is 3. The summed E-state index contributed by atoms with van der Waals surface area (Å²) in [5, 5.41) is 15.0. The highest BCUT2D eigenvalue weighted by Crippen LogP contribution is 2.03. The molecule has 0 saturated carbocycles. The van der Waals surface area contributed by atoms with Crippen molar-refractivity contribution in [1.82, 2.24) is 4.98 Å². The molecule has 0 amide bonds. The normalized spacial score (nSPS) is 10.2. The lowest BCUT2D eigenvalue weighted by molar-refractivity contribution is 1.16. The van der Waals surface area contributed by atoms with Gasteiger partial charge in [0.2, 0.25) is 0 Å². The van der Waals surface area contributed by atoms with E-state index < -0.39 is 0 Å². The molecule has 0 atom stereocenters. The Balaban J connectivity index is 2.85. The molecule has 0 saturated heterocycles. The first kappa shape index (κ1) is 5.68. The molecule has 0 spiro atoms. The molecule has 0 unspecified atom stereocenters. The van der Waals surface area contributed by atoms with Crippen LogP contribution in [0.4, 0.5) is 5.82 Å². The molecule has 0 radical (unpaired) electrons. The molecule has 0 aliphatic rings. The second kappa shape index (κ2) is 2.76. The highest BCUT2D eigenvalue weighted by atomic mass is 16.5. The van der Waals surface area contributed by atoms with Gasteiger partial charge in [-0.2, -0.15) is 0 Å². The highest BCUT2D eigenvalue weighted by Gasteiger charge is 1.81. The van der Waals surface area contributed by atoms with Crippen LogP contribution in [0.3, 0.4) is 0 Å². The molecule has 46 valence electrons. The molecule has 0 aliphatic heterocycles. The van der Waals surface area contributed by atoms with Crippen LogP contribution in [0.1, 0.15) is 0 Å². The van der Waals surface area contributed by atoms with Crippen molar-refractivity contribution in [2.24, 2.45) is 10.4 Å². The average Bonchev–Trinajstić information content (AvgIpc) is 1.91. The zero-order valence-corrected chi connectivity index (χ0v) is 4.56. The van der Waals surface area contributed by atoms with Gasteiger partial charge in [-0.15, -0.1) is 5.11 Å². The maximum Gasteiger partial charge on any atom is 0.173 e. The van der Waals surface area contributed by atoms with Crippen LogP contribution < -0.4 is 0 Å². The smallest absolute Gasteiger partial charge is 0.173 e. The minimum atomic E-state index is 0.340. The van der Waals surface area contributed by atoms with Crippen LogP contribution in [0.25, 0.3) is 0 Å². The molecule has 0 aromatic carbocycles. The lowest BCUT2D eigenvalue weighted by Gasteiger charge is -1.88. The van der Waals surface area contributed by atoms with Crippen molar-refractivity contribution in [1.29, 1.82) is 0 Å². The van der Waals surface area contributed by atoms with Gasteiger partial charge in [-0.3, -0.25) is 0 Å². The summed E-state index contributed by atoms with van der Waals surface area (Å²) in [6, 6.07) is 5.07. The quantitative estimate of drug-likeness (QED) is 0.420. The van der Waals surface area contributed by atoms with Crippen LogP contribution in [0.5, 0.6) is 0 Å². The van der Waals surface area contributed by atoms with Crippen molar-refractivity contribution in [2.45, 2.75) is 0 Å². The van der Waals surface area contributed by atoms with E-state index in [-0.39, 0.29) is 0 Å². The van der Waals surface area contributed by atoms with Gasteiger partial charge in [0.05, 0.1) is 0 Å². The molecule has 1 aromatic heterocycles. The molecule has 4 nitrogen and oxygen atoms in total. The van der Waals surface area contributed by atoms with E-state index in [4.69, 9.17) is 0 Å². The summed E-state index contributed by atoms with van der Waals surface area (Å²) < 4.78 is 0. The zero-order chi connectivity index (χ0) is 6.53. The Morgan fingerprint density at radius 3 is 2.89 bits per heavy atom. The second-order valence-corrected chi connectivity index (χ2v) is 1.37. The Morgan fingerprint density at radius 1 is 1.44 bits per heavy atom. The fraction of sp³-hybridized carbons (Fsp3) is 0. The van der Waals surface area contributed by atoms with E-state index in [1.54, 1.807) is 24.4 Å². The minimum Gasteiger partial charge on any atom is -0.775 e. The van der Waals surface area contributed by atoms with Gasteiger partial charge in [0.25, 0.3) is 0 Å². The third-order valence-corrected chi connectivity index (χ3v) is 0.793. The van der Waals surface area contributed by atoms with Crippen LogP contribution in [0, 0.1) is 5.21 Å². The molecule has 0 bridgehead atoms. The number of rotatable bonds is 1. The molecular formula is C5H4N3O-. The van der Waals surface area contributed by atoms with Crippen molar-refractivity contribution < 1.29 is 0 Å². The zero-order valence-electron chi connectivity index (χ0n) is 4.56. The highest BCUT2D eigenvalue weighted by molar-refractivity contribution is 5.23. The number of hydrogen-bond donors (Lipinski definition) is 0. The summed E-state index contributed by atoms with van der Waals surface area (Å²) in [5.74, 6) is 0.340. The van der Waals surface area contributed by atoms with E-state index in [0.29, 0.717) is 5.82 Å². The molecule has 0 aliphatic carbocycles. The largest absolute Gasteiger partial charge is 0.775 e. The molecule has 4 heteroatoms. The average molecular weight is 122 g/mol. The summed E-state index contributed by atoms with van der Waals surface area (Å²) in [6.07, 6.45) is 1.55. The van der Waals surface area contributed by atoms with Gasteiger partial charge in [0.1, 0.15) is 0 Å². The molecule has 1 aromatic rings. The molecule has 1 heterocycles. The van der Waals surface area contributed by atoms with Crippen LogP contribution >= 0.6 is 0 Å². The Kier molecular flexibility index (Phi) is 1.74. The number of hydrogen-bond acceptors (Lipinski definition) is 4. The van der Waals surface area contributed by atoms with Gasteiger partial charge in [-0.1, -0.05) is 6.07 Å². The maximum atomic E-state index is 9.52. The monoisotopic (exact) mass is 122 g/mol. The minimum absolute atomic E-state index is 0.340. The van der Waals surface area contributed by atoms with Gasteiger partial charge < -0.3 is 5.21 Å². The van der Waals surface area contributed by atoms with Gasteiger partial charge in [0, 0.05) is 6.20 Å². The predicted octanol–water partition coefficient (Wildman–Crippen LogP) is 1.66. The molecule has 0 N–H and O–H groups in total. The van der Waals surface area contributed by atoms with Crippen molar-refractivity contribution in [3.8, 4) is 0 Å². The van der Waals surface area contributed by atoms with Gasteiger partial charge in [0.15, 0.2) is 5.82 Å². The third kappa shape index (κ3) is 1.49. The van der Waals surface area contributed by atoms with Crippen molar-refractivity contribution in [2.75, 3.05) is 0 Å². The fourth-order valence-electron chi connectivity index (χ4n) is 0.455. The maximum absolute atomic E-state index is 9.52. The van der Waals surface area contributed by atoms with E-state index in [1.165, 1.54) is 0 Å². The van der Waals surface area contributed by atoms with Crippen LogP contribution in [0.2, 0.25) is 0 Å². The third-order valence-electron chi connectivity index (χ3n) is 0.793. The first-order chi connectivity index (χ1) is 4.43. The van der Waals surface area contributed by atoms with E-state index in [2.05, 4.69) is 15.4 Å². The summed E-state index contributed by atoms with van der Waals surface area (Å²) in [5.41, 5.74) is 0. The first-order valence-electron chi connectivity index (χ1n) is 2.38. The lowest BCUT2D eigenvalue weighted by Crippen LogP contribution is -1.67. The number of pyridine rings is 1. The van der Waals surface area contributed by atoms with Gasteiger partial charge in [-0.05, 0) is 12.1 Å². The fourth-order valence-corrected chi connectivity index (χ4v) is 0.455. The summed E-state index contributed by atoms with van der Waals surface area (Å²) in [4.78, 5) is 3.71. The van der Waals surface area contributed by atoms with Crippen molar-refractivity contribution in [3.63, 3.8) is 0 Å². The Labute approximate surface area is 51.8 Å². The Hall–Kier alpha value is -1.45. The van der Waals surface area contributed by atoms with Crippen LogP contribution in [0.15, 0.2) is 34.8 Å². The predicted molar refractivity (Wildman–Crippen MR) is 32.1 cm³/mol. The Bertz CT molecular complexity index is 197. The SMILES string of the molecule is [O-]/N=N/c1ccccn1. The molecule has 1 rings (SSSR count). The first-order valence-corrected chi connectivity index (χ1v) is 2.38. The standard InChI is InChI=1S/C5H5N3O/c9-8-7-5-3-1-2-4-6-5/h1-4H,(H,6,7,9)/p-1. The van der Waals surface area contributed by atoms with E-state index in [0.717, 1.165) is 0 Å². The van der Waals surface area contributed by atoms with E-state index in [9.17, 15) is 5.21 Å². The molecule has 0 fully saturated rings. The van der Waals surface area contributed by atoms with E-state index in [1.807, 2.05) is 0 Å². The van der Waals surface area contributed by atoms with Crippen LogP contribution in [-0.4, -0.2) is 4.98 Å². The Morgan fingerprint density at radius 2 is 2.33 bits per heavy atom. The van der Waals surface area contributed by atoms with Gasteiger partial charge in [-0.25, -0.2) is 10.3 Å². The lowest BCUT2D eigenvalue weighted by atomic mass is 10.5. The van der Waals surface area contributed by atoms with Gasteiger partial charge >= 0.3 is 0 Å². The van der Waals surface area contributed by atoms with Crippen LogP contribution in [-0.2, 0) is 0 Å². The van der Waals surface area contributed by atoms with E-state index >= 15 is 0 Å². The summed E-state index contributed by atoms with van der Waals surface area (Å²) in [6.45, 7) is 0. The topological polar surface area (TPSA) is 60.7 Å². The van der Waals surface area contributed by atoms with Crippen molar-refractivity contribution in [3.05, 3.63) is 29.6 Å².